The predicted octanol–water partition coefficient (Wildman–Crippen LogP) is 4.68. The Morgan fingerprint density at radius 2 is 1.82 bits per heavy atom. The Labute approximate surface area is 227 Å². The van der Waals surface area contributed by atoms with Crippen LogP contribution >= 0.6 is 11.6 Å². The highest BCUT2D eigenvalue weighted by molar-refractivity contribution is 6.31. The van der Waals surface area contributed by atoms with Crippen LogP contribution in [0.15, 0.2) is 65.5 Å². The molecule has 1 saturated heterocycles. The van der Waals surface area contributed by atoms with E-state index in [4.69, 9.17) is 16.3 Å². The van der Waals surface area contributed by atoms with Gasteiger partial charge in [0.2, 0.25) is 0 Å². The summed E-state index contributed by atoms with van der Waals surface area (Å²) in [6, 6.07) is 16.0. The summed E-state index contributed by atoms with van der Waals surface area (Å²) in [5.74, 6) is -2.32. The molecule has 0 unspecified atom stereocenters. The van der Waals surface area contributed by atoms with Crippen LogP contribution in [0.2, 0.25) is 5.02 Å². The highest BCUT2D eigenvalue weighted by Gasteiger charge is 2.51. The lowest BCUT2D eigenvalue weighted by molar-refractivity contribution is 0.00359. The van der Waals surface area contributed by atoms with E-state index in [9.17, 15) is 19.5 Å². The van der Waals surface area contributed by atoms with Crippen molar-refractivity contribution in [1.82, 2.24) is 14.0 Å². The maximum absolute atomic E-state index is 15.4. The number of imidazole rings is 1. The van der Waals surface area contributed by atoms with Crippen molar-refractivity contribution in [3.8, 4) is 5.69 Å². The van der Waals surface area contributed by atoms with E-state index < -0.39 is 28.6 Å². The topological polar surface area (TPSA) is 93.8 Å². The van der Waals surface area contributed by atoms with E-state index in [-0.39, 0.29) is 17.5 Å². The van der Waals surface area contributed by atoms with Crippen molar-refractivity contribution in [2.75, 3.05) is 19.8 Å². The third-order valence-corrected chi connectivity index (χ3v) is 7.92. The number of ether oxygens (including phenoxy) is 1. The Hall–Kier alpha value is -3.95. The zero-order chi connectivity index (χ0) is 27.5. The number of rotatable bonds is 5. The molecule has 1 atom stereocenters. The van der Waals surface area contributed by atoms with E-state index in [1.165, 1.54) is 27.3 Å². The first kappa shape index (κ1) is 25.3. The summed E-state index contributed by atoms with van der Waals surface area (Å²) < 4.78 is 23.9. The largest absolute Gasteiger partial charge is 0.478 e. The first-order chi connectivity index (χ1) is 18.7. The molecule has 2 aliphatic rings. The van der Waals surface area contributed by atoms with Crippen molar-refractivity contribution in [2.24, 2.45) is 0 Å². The number of aromatic nitrogens is 2. The van der Waals surface area contributed by atoms with Gasteiger partial charge in [-0.25, -0.2) is 14.0 Å². The molecule has 10 heteroatoms. The van der Waals surface area contributed by atoms with Crippen LogP contribution in [0.4, 0.5) is 4.39 Å². The number of carboxylic acids is 1. The molecule has 3 aromatic carbocycles. The van der Waals surface area contributed by atoms with Crippen LogP contribution < -0.4 is 5.69 Å². The van der Waals surface area contributed by atoms with Crippen LogP contribution in [0.25, 0.3) is 16.7 Å². The first-order valence-corrected chi connectivity index (χ1v) is 13.1. The van der Waals surface area contributed by atoms with Crippen LogP contribution in [0, 0.1) is 5.82 Å². The predicted molar refractivity (Wildman–Crippen MR) is 144 cm³/mol. The summed E-state index contributed by atoms with van der Waals surface area (Å²) in [5, 5.41) is 9.88. The Morgan fingerprint density at radius 3 is 2.49 bits per heavy atom. The van der Waals surface area contributed by atoms with Crippen LogP contribution in [-0.2, 0) is 10.3 Å². The highest BCUT2D eigenvalue weighted by atomic mass is 35.5. The zero-order valence-electron chi connectivity index (χ0n) is 21.1. The Kier molecular flexibility index (Phi) is 6.08. The van der Waals surface area contributed by atoms with E-state index in [1.807, 2.05) is 6.92 Å². The lowest BCUT2D eigenvalue weighted by atomic mass is 10.00. The number of amides is 1. The fourth-order valence-corrected chi connectivity index (χ4v) is 5.74. The maximum Gasteiger partial charge on any atom is 0.338 e. The quantitative estimate of drug-likeness (QED) is 0.390. The fourth-order valence-electron chi connectivity index (χ4n) is 5.57. The van der Waals surface area contributed by atoms with Crippen LogP contribution in [0.3, 0.4) is 0 Å². The molecule has 6 rings (SSSR count). The van der Waals surface area contributed by atoms with Crippen LogP contribution in [-0.4, -0.2) is 56.8 Å². The van der Waals surface area contributed by atoms with E-state index in [1.54, 1.807) is 47.4 Å². The maximum atomic E-state index is 15.4. The number of fused-ring (bicyclic) bond motifs is 1. The number of halogens is 2. The van der Waals surface area contributed by atoms with E-state index in [0.29, 0.717) is 59.9 Å². The average Bonchev–Trinajstić information content (AvgIpc) is 3.66. The van der Waals surface area contributed by atoms with Gasteiger partial charge in [0, 0.05) is 22.7 Å². The normalized spacial score (nSPS) is 18.3. The summed E-state index contributed by atoms with van der Waals surface area (Å²) in [7, 11) is 0. The fraction of sp³-hybridized carbons (Fsp3) is 0.276. The third kappa shape index (κ3) is 4.04. The highest BCUT2D eigenvalue weighted by Crippen LogP contribution is 2.51. The molecule has 1 aliphatic carbocycles. The Balaban J connectivity index is 1.47. The van der Waals surface area contributed by atoms with Gasteiger partial charge >= 0.3 is 11.7 Å². The number of hydrogen-bond donors (Lipinski definition) is 1. The van der Waals surface area contributed by atoms with E-state index >= 15 is 4.39 Å². The molecule has 0 spiro atoms. The minimum absolute atomic E-state index is 0.0385. The molecular formula is C29H25ClFN3O5. The summed E-state index contributed by atoms with van der Waals surface area (Å²) in [5.41, 5.74) is 0.380. The van der Waals surface area contributed by atoms with Crippen molar-refractivity contribution in [3.63, 3.8) is 0 Å². The molecule has 1 aromatic heterocycles. The number of benzene rings is 3. The second-order valence-electron chi connectivity index (χ2n) is 10.1. The van der Waals surface area contributed by atoms with Gasteiger partial charge in [-0.2, -0.15) is 0 Å². The van der Waals surface area contributed by atoms with Crippen molar-refractivity contribution in [2.45, 2.75) is 31.3 Å². The second kappa shape index (κ2) is 9.36. The van der Waals surface area contributed by atoms with E-state index in [0.717, 1.165) is 0 Å². The van der Waals surface area contributed by atoms with Gasteiger partial charge in [0.1, 0.15) is 5.82 Å². The van der Waals surface area contributed by atoms with Gasteiger partial charge in [-0.3, -0.25) is 13.9 Å². The van der Waals surface area contributed by atoms with Gasteiger partial charge in [0.15, 0.2) is 0 Å². The van der Waals surface area contributed by atoms with Gasteiger partial charge in [0.25, 0.3) is 5.91 Å². The van der Waals surface area contributed by atoms with Crippen molar-refractivity contribution in [1.29, 1.82) is 0 Å². The number of hydrogen-bond acceptors (Lipinski definition) is 4. The molecule has 1 saturated carbocycles. The van der Waals surface area contributed by atoms with Gasteiger partial charge in [0.05, 0.1) is 47.1 Å². The monoisotopic (exact) mass is 549 g/mol. The molecule has 1 amide bonds. The zero-order valence-corrected chi connectivity index (χ0v) is 21.8. The smallest absolute Gasteiger partial charge is 0.338 e. The van der Waals surface area contributed by atoms with Gasteiger partial charge in [-0.1, -0.05) is 23.7 Å². The number of morpholine rings is 1. The van der Waals surface area contributed by atoms with Crippen molar-refractivity contribution < 1.29 is 23.8 Å². The molecule has 2 heterocycles. The van der Waals surface area contributed by atoms with E-state index in [2.05, 4.69) is 0 Å². The van der Waals surface area contributed by atoms with Crippen LogP contribution in [0.5, 0.6) is 0 Å². The number of carbonyl (C=O) groups excluding carboxylic acids is 1. The summed E-state index contributed by atoms with van der Waals surface area (Å²) in [4.78, 5) is 40.5. The second-order valence-corrected chi connectivity index (χ2v) is 10.5. The minimum atomic E-state index is -1.37. The first-order valence-electron chi connectivity index (χ1n) is 12.7. The lowest BCUT2D eigenvalue weighted by Crippen LogP contribution is -2.47. The lowest BCUT2D eigenvalue weighted by Gasteiger charge is -2.33. The van der Waals surface area contributed by atoms with Gasteiger partial charge < -0.3 is 14.7 Å². The summed E-state index contributed by atoms with van der Waals surface area (Å²) in [6.07, 6.45) is 0.944. The molecule has 2 fully saturated rings. The molecule has 1 aliphatic heterocycles. The Morgan fingerprint density at radius 1 is 1.08 bits per heavy atom. The number of nitrogens with zero attached hydrogens (tertiary/aromatic N) is 3. The number of carboxylic acid groups (broad SMARTS) is 1. The van der Waals surface area contributed by atoms with Crippen LogP contribution in [0.1, 0.15) is 46.0 Å². The molecular weight excluding hydrogens is 525 g/mol. The SMILES string of the molecule is C[C@H]1COCCN1C(=O)c1ccc(-n2c(=O)n(C3(c4cccc(C(=O)O)c4F)CC3)c3ccc(Cl)cc32)cc1. The van der Waals surface area contributed by atoms with Gasteiger partial charge in [-0.15, -0.1) is 0 Å². The Bertz CT molecular complexity index is 1690. The number of carbonyl (C=O) groups is 2. The summed E-state index contributed by atoms with van der Waals surface area (Å²) in [6.45, 7) is 3.42. The third-order valence-electron chi connectivity index (χ3n) is 7.68. The van der Waals surface area contributed by atoms with Crippen molar-refractivity contribution >= 4 is 34.5 Å². The molecule has 8 nitrogen and oxygen atoms in total. The van der Waals surface area contributed by atoms with Gasteiger partial charge in [-0.05, 0) is 68.3 Å². The minimum Gasteiger partial charge on any atom is -0.478 e. The standard InChI is InChI=1S/C29H25ClFN3O5/c1-17-16-39-14-13-32(17)26(35)18-5-8-20(9-6-18)33-24-15-19(30)7-10-23(24)34(28(33)38)29(11-12-29)22-4-2-3-21(25(22)31)27(36)37/h2-10,15,17H,11-14,16H2,1H3,(H,36,37)/t17-/m0/s1. The average molecular weight is 550 g/mol. The molecule has 200 valence electrons. The molecule has 4 aromatic rings. The molecule has 1 N–H and O–H groups in total. The molecule has 39 heavy (non-hydrogen) atoms. The number of aromatic carboxylic acids is 1. The molecule has 0 radical (unpaired) electrons. The van der Waals surface area contributed by atoms with Crippen molar-refractivity contribution in [3.05, 3.63) is 98.7 Å². The summed E-state index contributed by atoms with van der Waals surface area (Å²) >= 11 is 6.32. The molecule has 0 bridgehead atoms.